The van der Waals surface area contributed by atoms with E-state index in [4.69, 9.17) is 9.15 Å². The second-order valence-corrected chi connectivity index (χ2v) is 6.29. The molecule has 22 heavy (non-hydrogen) atoms. The van der Waals surface area contributed by atoms with Crippen molar-refractivity contribution < 1.29 is 27.5 Å². The number of nitrogens with zero attached hydrogens (tertiary/aromatic N) is 1. The van der Waals surface area contributed by atoms with Gasteiger partial charge >= 0.3 is 5.97 Å². The van der Waals surface area contributed by atoms with Crippen molar-refractivity contribution in [1.29, 1.82) is 0 Å². The van der Waals surface area contributed by atoms with Crippen molar-refractivity contribution in [3.63, 3.8) is 0 Å². The molecule has 2 N–H and O–H groups in total. The fourth-order valence-electron chi connectivity index (χ4n) is 1.62. The Kier molecular flexibility index (Phi) is 4.36. The number of carbonyl (C=O) groups is 1. The molecular formula is C13H14N2O6S. The third-order valence-corrected chi connectivity index (χ3v) is 3.89. The van der Waals surface area contributed by atoms with E-state index < -0.39 is 21.7 Å². The number of pyridine rings is 1. The number of hydrogen-bond acceptors (Lipinski definition) is 7. The van der Waals surface area contributed by atoms with Crippen LogP contribution < -0.4 is 9.46 Å². The van der Waals surface area contributed by atoms with Gasteiger partial charge in [-0.15, -0.1) is 0 Å². The topological polar surface area (TPSA) is 119 Å². The highest BCUT2D eigenvalue weighted by atomic mass is 32.2. The van der Waals surface area contributed by atoms with E-state index in [2.05, 4.69) is 9.71 Å². The number of aromatic nitrogens is 1. The van der Waals surface area contributed by atoms with Crippen LogP contribution in [0.3, 0.4) is 0 Å². The third kappa shape index (κ3) is 3.37. The first-order valence-electron chi connectivity index (χ1n) is 6.29. The summed E-state index contributed by atoms with van der Waals surface area (Å²) in [6, 6.07) is 3.21. The van der Waals surface area contributed by atoms with Crippen LogP contribution >= 0.6 is 0 Å². The minimum absolute atomic E-state index is 0.0573. The standard InChI is InChI=1S/C13H14N2O6S/c1-3-22(18,19)15-13-12(20-8(2)16)10(17)11(21-13)9-5-4-6-14-7-9/h4-7,15,17H,3H2,1-2H3. The summed E-state index contributed by atoms with van der Waals surface area (Å²) in [5, 5.41) is 10.1. The molecule has 8 nitrogen and oxygen atoms in total. The zero-order valence-corrected chi connectivity index (χ0v) is 12.7. The van der Waals surface area contributed by atoms with Gasteiger partial charge in [0.2, 0.25) is 21.5 Å². The van der Waals surface area contributed by atoms with Gasteiger partial charge in [-0.05, 0) is 19.1 Å². The van der Waals surface area contributed by atoms with Gasteiger partial charge in [-0.1, -0.05) is 0 Å². The van der Waals surface area contributed by atoms with Gasteiger partial charge in [-0.25, -0.2) is 13.1 Å². The van der Waals surface area contributed by atoms with Gasteiger partial charge < -0.3 is 14.3 Å². The second-order valence-electron chi connectivity index (χ2n) is 4.28. The van der Waals surface area contributed by atoms with Crippen molar-refractivity contribution >= 4 is 21.9 Å². The lowest BCUT2D eigenvalue weighted by molar-refractivity contribution is -0.131. The molecule has 9 heteroatoms. The Labute approximate surface area is 126 Å². The van der Waals surface area contributed by atoms with Gasteiger partial charge in [0.15, 0.2) is 5.76 Å². The fourth-order valence-corrected chi connectivity index (χ4v) is 2.18. The van der Waals surface area contributed by atoms with Crippen LogP contribution in [0, 0.1) is 0 Å². The zero-order valence-electron chi connectivity index (χ0n) is 11.9. The second kappa shape index (κ2) is 6.06. The number of carbonyl (C=O) groups excluding carboxylic acids is 1. The average Bonchev–Trinajstić information content (AvgIpc) is 2.76. The lowest BCUT2D eigenvalue weighted by Crippen LogP contribution is -2.15. The summed E-state index contributed by atoms with van der Waals surface area (Å²) in [6.45, 7) is 2.55. The molecule has 0 saturated heterocycles. The molecule has 0 aliphatic rings. The Bertz CT molecular complexity index is 782. The van der Waals surface area contributed by atoms with Crippen molar-refractivity contribution in [1.82, 2.24) is 4.98 Å². The van der Waals surface area contributed by atoms with Gasteiger partial charge in [0.05, 0.1) is 5.75 Å². The van der Waals surface area contributed by atoms with Crippen LogP contribution in [0.5, 0.6) is 11.5 Å². The number of nitrogens with one attached hydrogen (secondary N) is 1. The first-order chi connectivity index (χ1) is 10.3. The Hall–Kier alpha value is -2.55. The third-order valence-electron chi connectivity index (χ3n) is 2.64. The van der Waals surface area contributed by atoms with Crippen molar-refractivity contribution in [2.24, 2.45) is 0 Å². The Balaban J connectivity index is 2.54. The van der Waals surface area contributed by atoms with Crippen LogP contribution in [0.15, 0.2) is 28.9 Å². The molecule has 0 fully saturated rings. The van der Waals surface area contributed by atoms with Crippen molar-refractivity contribution in [2.75, 3.05) is 10.5 Å². The number of anilines is 1. The van der Waals surface area contributed by atoms with Crippen LogP contribution in [0.25, 0.3) is 11.3 Å². The van der Waals surface area contributed by atoms with E-state index in [-0.39, 0.29) is 23.1 Å². The monoisotopic (exact) mass is 326 g/mol. The lowest BCUT2D eigenvalue weighted by Gasteiger charge is -2.04. The highest BCUT2D eigenvalue weighted by Crippen LogP contribution is 2.46. The van der Waals surface area contributed by atoms with Crippen LogP contribution in [0.4, 0.5) is 5.88 Å². The number of sulfonamides is 1. The molecule has 2 heterocycles. The molecule has 0 radical (unpaired) electrons. The maximum atomic E-state index is 11.7. The molecule has 2 rings (SSSR count). The predicted molar refractivity (Wildman–Crippen MR) is 78.0 cm³/mol. The molecule has 0 spiro atoms. The largest absolute Gasteiger partial charge is 0.502 e. The molecule has 2 aromatic rings. The summed E-state index contributed by atoms with van der Waals surface area (Å²) in [7, 11) is -3.68. The Morgan fingerprint density at radius 2 is 2.23 bits per heavy atom. The van der Waals surface area contributed by atoms with Gasteiger partial charge in [-0.3, -0.25) is 9.78 Å². The molecule has 0 atom stereocenters. The summed E-state index contributed by atoms with van der Waals surface area (Å²) < 4.78 is 35.6. The number of hydrogen-bond donors (Lipinski definition) is 2. The molecule has 0 aromatic carbocycles. The normalized spacial score (nSPS) is 11.2. The molecule has 0 unspecified atom stereocenters. The van der Waals surface area contributed by atoms with E-state index in [1.807, 2.05) is 0 Å². The average molecular weight is 326 g/mol. The van der Waals surface area contributed by atoms with Gasteiger partial charge in [0.25, 0.3) is 5.88 Å². The SMILES string of the molecule is CCS(=O)(=O)Nc1oc(-c2cccnc2)c(O)c1OC(C)=O. The van der Waals surface area contributed by atoms with Gasteiger partial charge in [0, 0.05) is 24.9 Å². The van der Waals surface area contributed by atoms with Crippen molar-refractivity contribution in [3.05, 3.63) is 24.5 Å². The molecular weight excluding hydrogens is 312 g/mol. The lowest BCUT2D eigenvalue weighted by atomic mass is 10.2. The highest BCUT2D eigenvalue weighted by molar-refractivity contribution is 7.92. The number of aromatic hydroxyl groups is 1. The molecule has 0 aliphatic carbocycles. The number of rotatable bonds is 5. The van der Waals surface area contributed by atoms with Crippen LogP contribution in [0.2, 0.25) is 0 Å². The van der Waals surface area contributed by atoms with Crippen LogP contribution in [0.1, 0.15) is 13.8 Å². The van der Waals surface area contributed by atoms with Crippen molar-refractivity contribution in [2.45, 2.75) is 13.8 Å². The Morgan fingerprint density at radius 1 is 1.50 bits per heavy atom. The summed E-state index contributed by atoms with van der Waals surface area (Å²) in [6.07, 6.45) is 2.94. The van der Waals surface area contributed by atoms with Crippen LogP contribution in [-0.4, -0.2) is 30.2 Å². The van der Waals surface area contributed by atoms with Crippen molar-refractivity contribution in [3.8, 4) is 22.8 Å². The smallest absolute Gasteiger partial charge is 0.308 e. The fraction of sp³-hybridized carbons (Fsp3) is 0.231. The summed E-state index contributed by atoms with van der Waals surface area (Å²) >= 11 is 0. The summed E-state index contributed by atoms with van der Waals surface area (Å²) in [4.78, 5) is 15.0. The molecule has 0 aliphatic heterocycles. The Morgan fingerprint density at radius 3 is 2.77 bits per heavy atom. The highest BCUT2D eigenvalue weighted by Gasteiger charge is 2.26. The van der Waals surface area contributed by atoms with E-state index in [0.717, 1.165) is 6.92 Å². The first kappa shape index (κ1) is 15.8. The minimum atomic E-state index is -3.68. The van der Waals surface area contributed by atoms with E-state index >= 15 is 0 Å². The minimum Gasteiger partial charge on any atom is -0.502 e. The summed E-state index contributed by atoms with van der Waals surface area (Å²) in [5.74, 6) is -2.24. The number of esters is 1. The van der Waals surface area contributed by atoms with E-state index in [1.54, 1.807) is 12.1 Å². The number of furan rings is 1. The number of ether oxygens (including phenoxy) is 1. The van der Waals surface area contributed by atoms with E-state index in [9.17, 15) is 18.3 Å². The molecule has 0 bridgehead atoms. The van der Waals surface area contributed by atoms with Gasteiger partial charge in [-0.2, -0.15) is 0 Å². The zero-order chi connectivity index (χ0) is 16.3. The maximum absolute atomic E-state index is 11.7. The van der Waals surface area contributed by atoms with Gasteiger partial charge in [0.1, 0.15) is 0 Å². The first-order valence-corrected chi connectivity index (χ1v) is 7.94. The molecule has 0 saturated carbocycles. The molecule has 118 valence electrons. The van der Waals surface area contributed by atoms with E-state index in [1.165, 1.54) is 19.3 Å². The van der Waals surface area contributed by atoms with E-state index in [0.29, 0.717) is 5.56 Å². The molecule has 0 amide bonds. The summed E-state index contributed by atoms with van der Waals surface area (Å²) in [5.41, 5.74) is 0.398. The molecule has 2 aromatic heterocycles. The quantitative estimate of drug-likeness (QED) is 0.803. The maximum Gasteiger partial charge on any atom is 0.308 e. The predicted octanol–water partition coefficient (Wildman–Crippen LogP) is 1.73. The van der Waals surface area contributed by atoms with Crippen LogP contribution in [-0.2, 0) is 14.8 Å².